The molecule has 2 saturated heterocycles. The number of benzene rings is 1. The fourth-order valence-corrected chi connectivity index (χ4v) is 4.51. The van der Waals surface area contributed by atoms with Crippen LogP contribution in [0.5, 0.6) is 5.75 Å². The molecule has 0 aliphatic carbocycles. The van der Waals surface area contributed by atoms with E-state index in [-0.39, 0.29) is 0 Å². The number of aromatic nitrogens is 1. The van der Waals surface area contributed by atoms with Crippen molar-refractivity contribution in [3.05, 3.63) is 30.3 Å². The number of methoxy groups -OCH3 is 1. The number of piperidine rings is 1. The van der Waals surface area contributed by atoms with E-state index in [1.54, 1.807) is 7.11 Å². The molecule has 0 radical (unpaired) electrons. The number of nitrogens with zero attached hydrogens (tertiary/aromatic N) is 3. The zero-order chi connectivity index (χ0) is 17.2. The molecule has 2 fully saturated rings. The number of para-hydroxylation sites is 1. The molecular formula is C21H29N3O. The topological polar surface area (TPSA) is 28.6 Å². The summed E-state index contributed by atoms with van der Waals surface area (Å²) in [6.07, 6.45) is 5.30. The predicted molar refractivity (Wildman–Crippen MR) is 104 cm³/mol. The van der Waals surface area contributed by atoms with Crippen LogP contribution < -0.4 is 9.64 Å². The van der Waals surface area contributed by atoms with Gasteiger partial charge in [0.15, 0.2) is 0 Å². The third-order valence-corrected chi connectivity index (χ3v) is 6.15. The van der Waals surface area contributed by atoms with Gasteiger partial charge in [-0.1, -0.05) is 12.1 Å². The van der Waals surface area contributed by atoms with Crippen molar-refractivity contribution in [2.24, 2.45) is 5.92 Å². The molecule has 1 aromatic carbocycles. The summed E-state index contributed by atoms with van der Waals surface area (Å²) in [6, 6.07) is 11.2. The molecule has 0 amide bonds. The van der Waals surface area contributed by atoms with Crippen molar-refractivity contribution >= 4 is 16.7 Å². The first-order valence-corrected chi connectivity index (χ1v) is 9.69. The molecule has 0 spiro atoms. The molecule has 4 rings (SSSR count). The van der Waals surface area contributed by atoms with Crippen molar-refractivity contribution in [2.45, 2.75) is 38.6 Å². The van der Waals surface area contributed by atoms with Gasteiger partial charge in [-0.25, -0.2) is 4.98 Å². The first-order chi connectivity index (χ1) is 12.3. The highest BCUT2D eigenvalue weighted by Gasteiger charge is 2.29. The van der Waals surface area contributed by atoms with Crippen molar-refractivity contribution in [2.75, 3.05) is 38.2 Å². The second kappa shape index (κ2) is 7.20. The molecule has 2 aliphatic heterocycles. The molecule has 4 heteroatoms. The third-order valence-electron chi connectivity index (χ3n) is 6.15. The molecule has 0 saturated carbocycles. The Morgan fingerprint density at radius 3 is 2.52 bits per heavy atom. The average molecular weight is 339 g/mol. The maximum Gasteiger partial charge on any atom is 0.145 e. The van der Waals surface area contributed by atoms with Crippen LogP contribution in [-0.2, 0) is 0 Å². The van der Waals surface area contributed by atoms with E-state index in [0.717, 1.165) is 47.5 Å². The SMILES string of the molecule is COc1cccc2ccc(N3CCC([C@@H](C)N4CCCC4)CC3)nc12. The molecule has 2 aliphatic rings. The Kier molecular flexibility index (Phi) is 4.80. The number of rotatable bonds is 4. The molecular weight excluding hydrogens is 310 g/mol. The molecule has 2 aromatic rings. The summed E-state index contributed by atoms with van der Waals surface area (Å²) in [7, 11) is 1.72. The number of ether oxygens (including phenoxy) is 1. The van der Waals surface area contributed by atoms with Crippen LogP contribution in [0.25, 0.3) is 10.9 Å². The summed E-state index contributed by atoms with van der Waals surface area (Å²) >= 11 is 0. The summed E-state index contributed by atoms with van der Waals surface area (Å²) < 4.78 is 5.49. The molecule has 1 aromatic heterocycles. The first kappa shape index (κ1) is 16.6. The molecule has 4 nitrogen and oxygen atoms in total. The highest BCUT2D eigenvalue weighted by Crippen LogP contribution is 2.30. The van der Waals surface area contributed by atoms with E-state index in [1.165, 1.54) is 38.8 Å². The van der Waals surface area contributed by atoms with Crippen LogP contribution in [0.4, 0.5) is 5.82 Å². The van der Waals surface area contributed by atoms with Gasteiger partial charge in [-0.2, -0.15) is 0 Å². The monoisotopic (exact) mass is 339 g/mol. The van der Waals surface area contributed by atoms with E-state index < -0.39 is 0 Å². The van der Waals surface area contributed by atoms with Crippen LogP contribution >= 0.6 is 0 Å². The van der Waals surface area contributed by atoms with Gasteiger partial charge in [0.2, 0.25) is 0 Å². The van der Waals surface area contributed by atoms with Gasteiger partial charge in [-0.15, -0.1) is 0 Å². The number of pyridine rings is 1. The Morgan fingerprint density at radius 2 is 1.80 bits per heavy atom. The summed E-state index contributed by atoms with van der Waals surface area (Å²) in [6.45, 7) is 7.25. The van der Waals surface area contributed by atoms with Gasteiger partial charge in [-0.05, 0) is 69.8 Å². The van der Waals surface area contributed by atoms with Gasteiger partial charge < -0.3 is 14.5 Å². The maximum absolute atomic E-state index is 5.49. The molecule has 1 atom stereocenters. The first-order valence-electron chi connectivity index (χ1n) is 9.69. The van der Waals surface area contributed by atoms with Gasteiger partial charge >= 0.3 is 0 Å². The number of hydrogen-bond donors (Lipinski definition) is 0. The lowest BCUT2D eigenvalue weighted by Crippen LogP contribution is -2.43. The lowest BCUT2D eigenvalue weighted by atomic mass is 9.89. The minimum absolute atomic E-state index is 0.731. The summed E-state index contributed by atoms with van der Waals surface area (Å²) in [5.74, 6) is 2.77. The Balaban J connectivity index is 1.46. The van der Waals surface area contributed by atoms with Gasteiger partial charge in [0, 0.05) is 24.5 Å². The molecule has 134 valence electrons. The van der Waals surface area contributed by atoms with E-state index in [2.05, 4.69) is 34.9 Å². The van der Waals surface area contributed by atoms with Gasteiger partial charge in [0.05, 0.1) is 7.11 Å². The molecule has 0 N–H and O–H groups in total. The van der Waals surface area contributed by atoms with Gasteiger partial charge in [-0.3, -0.25) is 0 Å². The van der Waals surface area contributed by atoms with E-state index in [9.17, 15) is 0 Å². The lowest BCUT2D eigenvalue weighted by Gasteiger charge is -2.38. The quantitative estimate of drug-likeness (QED) is 0.843. The van der Waals surface area contributed by atoms with Crippen LogP contribution in [0.2, 0.25) is 0 Å². The fourth-order valence-electron chi connectivity index (χ4n) is 4.51. The fraction of sp³-hybridized carbons (Fsp3) is 0.571. The van der Waals surface area contributed by atoms with Crippen molar-refractivity contribution < 1.29 is 4.74 Å². The zero-order valence-electron chi connectivity index (χ0n) is 15.4. The molecule has 0 unspecified atom stereocenters. The Morgan fingerprint density at radius 1 is 1.04 bits per heavy atom. The minimum atomic E-state index is 0.731. The third kappa shape index (κ3) is 3.32. The Labute approximate surface area is 150 Å². The van der Waals surface area contributed by atoms with Crippen LogP contribution in [0, 0.1) is 5.92 Å². The number of fused-ring (bicyclic) bond motifs is 1. The summed E-state index contributed by atoms with van der Waals surface area (Å²) in [5, 5.41) is 1.14. The second-order valence-corrected chi connectivity index (χ2v) is 7.51. The maximum atomic E-state index is 5.49. The smallest absolute Gasteiger partial charge is 0.145 e. The van der Waals surface area contributed by atoms with Crippen LogP contribution in [0.15, 0.2) is 30.3 Å². The predicted octanol–water partition coefficient (Wildman–Crippen LogP) is 3.94. The van der Waals surface area contributed by atoms with Crippen molar-refractivity contribution in [3.63, 3.8) is 0 Å². The highest BCUT2D eigenvalue weighted by molar-refractivity contribution is 5.85. The normalized spacial score (nSPS) is 21.0. The van der Waals surface area contributed by atoms with Crippen molar-refractivity contribution in [3.8, 4) is 5.75 Å². The standard InChI is InChI=1S/C21H29N3O/c1-16(23-12-3-4-13-23)17-10-14-24(15-11-17)20-9-8-18-6-5-7-19(25-2)21(18)22-20/h5-9,16-17H,3-4,10-15H2,1-2H3/t16-/m1/s1. The van der Waals surface area contributed by atoms with Gasteiger partial charge in [0.1, 0.15) is 17.1 Å². The second-order valence-electron chi connectivity index (χ2n) is 7.51. The van der Waals surface area contributed by atoms with E-state index in [0.29, 0.717) is 0 Å². The highest BCUT2D eigenvalue weighted by atomic mass is 16.5. The van der Waals surface area contributed by atoms with Crippen molar-refractivity contribution in [1.29, 1.82) is 0 Å². The van der Waals surface area contributed by atoms with Crippen LogP contribution in [-0.4, -0.2) is 49.2 Å². The molecule has 3 heterocycles. The van der Waals surface area contributed by atoms with Crippen molar-refractivity contribution in [1.82, 2.24) is 9.88 Å². The zero-order valence-corrected chi connectivity index (χ0v) is 15.4. The van der Waals surface area contributed by atoms with Crippen LogP contribution in [0.3, 0.4) is 0 Å². The summed E-state index contributed by atoms with van der Waals surface area (Å²) in [5.41, 5.74) is 0.968. The van der Waals surface area contributed by atoms with Crippen LogP contribution in [0.1, 0.15) is 32.6 Å². The summed E-state index contributed by atoms with van der Waals surface area (Å²) in [4.78, 5) is 10.0. The largest absolute Gasteiger partial charge is 0.494 e. The van der Waals surface area contributed by atoms with E-state index >= 15 is 0 Å². The molecule has 25 heavy (non-hydrogen) atoms. The Bertz CT molecular complexity index is 718. The average Bonchev–Trinajstić information content (AvgIpc) is 3.21. The number of likely N-dealkylation sites (tertiary alicyclic amines) is 1. The minimum Gasteiger partial charge on any atom is -0.494 e. The number of hydrogen-bond acceptors (Lipinski definition) is 4. The molecule has 0 bridgehead atoms. The lowest BCUT2D eigenvalue weighted by molar-refractivity contribution is 0.167. The van der Waals surface area contributed by atoms with E-state index in [1.807, 2.05) is 12.1 Å². The Hall–Kier alpha value is -1.81. The number of anilines is 1. The van der Waals surface area contributed by atoms with E-state index in [4.69, 9.17) is 9.72 Å². The van der Waals surface area contributed by atoms with Gasteiger partial charge in [0.25, 0.3) is 0 Å².